The summed E-state index contributed by atoms with van der Waals surface area (Å²) in [7, 11) is 0. The molecule has 1 amide bonds. The van der Waals surface area contributed by atoms with Crippen molar-refractivity contribution in [3.63, 3.8) is 0 Å². The van der Waals surface area contributed by atoms with E-state index in [4.69, 9.17) is 5.73 Å². The van der Waals surface area contributed by atoms with Crippen molar-refractivity contribution < 1.29 is 22.4 Å². The van der Waals surface area contributed by atoms with Crippen molar-refractivity contribution in [3.8, 4) is 11.1 Å². The van der Waals surface area contributed by atoms with E-state index < -0.39 is 29.1 Å². The van der Waals surface area contributed by atoms with Gasteiger partial charge in [0.15, 0.2) is 5.69 Å². The second-order valence-electron chi connectivity index (χ2n) is 10.0. The summed E-state index contributed by atoms with van der Waals surface area (Å²) in [5, 5.41) is 5.20. The van der Waals surface area contributed by atoms with E-state index in [-0.39, 0.29) is 11.7 Å². The van der Waals surface area contributed by atoms with Crippen LogP contribution in [0.3, 0.4) is 0 Å². The average molecular weight is 544 g/mol. The van der Waals surface area contributed by atoms with Crippen LogP contribution in [0.5, 0.6) is 0 Å². The van der Waals surface area contributed by atoms with Gasteiger partial charge in [0.25, 0.3) is 5.91 Å². The molecule has 4 aromatic rings. The highest BCUT2D eigenvalue weighted by Crippen LogP contribution is 2.36. The Morgan fingerprint density at radius 3 is 2.64 bits per heavy atom. The van der Waals surface area contributed by atoms with Crippen LogP contribution in [0, 0.1) is 5.82 Å². The number of hydrogen-bond donors (Lipinski definition) is 2. The zero-order valence-electron chi connectivity index (χ0n) is 20.7. The number of nitrogens with zero attached hydrogens (tertiary/aromatic N) is 7. The number of H-pyrrole nitrogens is 1. The molecule has 6 heterocycles. The van der Waals surface area contributed by atoms with Crippen LogP contribution in [0.1, 0.15) is 29.0 Å². The SMILES string of the molecule is NCC1(n2cc(-c3c(F)cnc4[nH]ccc34)cn2)CN(C2CCN(C(=O)c3cncc(C(F)(F)F)n3)CC2)C1. The monoisotopic (exact) mass is 543 g/mol. The van der Waals surface area contributed by atoms with E-state index in [9.17, 15) is 22.4 Å². The van der Waals surface area contributed by atoms with Gasteiger partial charge in [0.05, 0.1) is 24.8 Å². The first kappa shape index (κ1) is 25.4. The van der Waals surface area contributed by atoms with Gasteiger partial charge in [-0.15, -0.1) is 0 Å². The molecule has 0 aromatic carbocycles. The van der Waals surface area contributed by atoms with Crippen molar-refractivity contribution in [1.82, 2.24) is 39.5 Å². The van der Waals surface area contributed by atoms with Crippen molar-refractivity contribution in [3.05, 3.63) is 60.5 Å². The third-order valence-electron chi connectivity index (χ3n) is 7.68. The number of aromatic nitrogens is 6. The van der Waals surface area contributed by atoms with E-state index in [0.717, 1.165) is 6.20 Å². The molecule has 0 radical (unpaired) electrons. The molecule has 10 nitrogen and oxygen atoms in total. The molecule has 6 rings (SSSR count). The van der Waals surface area contributed by atoms with Gasteiger partial charge < -0.3 is 15.6 Å². The van der Waals surface area contributed by atoms with E-state index in [2.05, 4.69) is 29.9 Å². The van der Waals surface area contributed by atoms with Crippen molar-refractivity contribution in [2.24, 2.45) is 5.73 Å². The molecular formula is C25H25F4N9O. The first-order chi connectivity index (χ1) is 18.7. The predicted molar refractivity (Wildman–Crippen MR) is 132 cm³/mol. The number of aromatic amines is 1. The van der Waals surface area contributed by atoms with Crippen molar-refractivity contribution in [1.29, 1.82) is 0 Å². The lowest BCUT2D eigenvalue weighted by Crippen LogP contribution is -2.69. The molecule has 204 valence electrons. The summed E-state index contributed by atoms with van der Waals surface area (Å²) in [5.41, 5.74) is 5.90. The van der Waals surface area contributed by atoms with Crippen LogP contribution < -0.4 is 5.73 Å². The zero-order valence-corrected chi connectivity index (χ0v) is 20.7. The minimum absolute atomic E-state index is 0.188. The summed E-state index contributed by atoms with van der Waals surface area (Å²) in [6.45, 7) is 2.41. The van der Waals surface area contributed by atoms with Gasteiger partial charge in [0, 0.05) is 67.7 Å². The normalized spacial score (nSPS) is 18.4. The minimum atomic E-state index is -4.67. The Labute approximate surface area is 219 Å². The van der Waals surface area contributed by atoms with Crippen LogP contribution >= 0.6 is 0 Å². The number of likely N-dealkylation sites (tertiary alicyclic amines) is 2. The molecular weight excluding hydrogens is 518 g/mol. The van der Waals surface area contributed by atoms with E-state index >= 15 is 0 Å². The standard InChI is InChI=1S/C25H25F4N9O/c26-18-8-33-22-17(1-4-32-22)21(18)15-7-34-38(11-15)24(12-30)13-37(14-24)16-2-5-36(6-3-16)23(39)19-9-31-10-20(35-19)25(27,28)29/h1,4,7-11,16H,2-3,5-6,12-14,30H2,(H,32,33). The fourth-order valence-corrected chi connectivity index (χ4v) is 5.53. The number of piperidine rings is 1. The number of rotatable bonds is 5. The van der Waals surface area contributed by atoms with Crippen LogP contribution in [0.4, 0.5) is 17.6 Å². The molecule has 0 unspecified atom stereocenters. The number of pyridine rings is 1. The van der Waals surface area contributed by atoms with E-state index in [0.29, 0.717) is 73.9 Å². The third kappa shape index (κ3) is 4.42. The van der Waals surface area contributed by atoms with Crippen molar-refractivity contribution >= 4 is 16.9 Å². The van der Waals surface area contributed by atoms with Crippen LogP contribution in [-0.2, 0) is 11.7 Å². The Hall–Kier alpha value is -3.91. The number of halogens is 4. The number of alkyl halides is 3. The Morgan fingerprint density at radius 2 is 1.92 bits per heavy atom. The smallest absolute Gasteiger partial charge is 0.346 e. The summed E-state index contributed by atoms with van der Waals surface area (Å²) in [6, 6.07) is 1.96. The van der Waals surface area contributed by atoms with Gasteiger partial charge in [-0.2, -0.15) is 18.3 Å². The van der Waals surface area contributed by atoms with Crippen LogP contribution in [0.2, 0.25) is 0 Å². The predicted octanol–water partition coefficient (Wildman–Crippen LogP) is 2.65. The third-order valence-corrected chi connectivity index (χ3v) is 7.68. The van der Waals surface area contributed by atoms with Gasteiger partial charge in [0.1, 0.15) is 22.7 Å². The largest absolute Gasteiger partial charge is 0.434 e. The fourth-order valence-electron chi connectivity index (χ4n) is 5.53. The maximum atomic E-state index is 14.7. The van der Waals surface area contributed by atoms with Gasteiger partial charge in [-0.3, -0.25) is 19.4 Å². The number of hydrogen-bond acceptors (Lipinski definition) is 7. The summed E-state index contributed by atoms with van der Waals surface area (Å²) >= 11 is 0. The number of carbonyl (C=O) groups excluding carboxylic acids is 1. The Morgan fingerprint density at radius 1 is 1.15 bits per heavy atom. The molecule has 4 aromatic heterocycles. The van der Waals surface area contributed by atoms with E-state index in [1.54, 1.807) is 18.5 Å². The number of nitrogens with one attached hydrogen (secondary N) is 1. The van der Waals surface area contributed by atoms with Crippen LogP contribution in [-0.4, -0.2) is 84.2 Å². The zero-order chi connectivity index (χ0) is 27.4. The summed E-state index contributed by atoms with van der Waals surface area (Å²) in [6.07, 6.45) is 4.67. The molecule has 2 fully saturated rings. The lowest BCUT2D eigenvalue weighted by molar-refractivity contribution is -0.141. The number of carbonyl (C=O) groups is 1. The Bertz CT molecular complexity index is 1520. The Kier molecular flexibility index (Phi) is 6.10. The van der Waals surface area contributed by atoms with Gasteiger partial charge >= 0.3 is 6.18 Å². The average Bonchev–Trinajstić information content (AvgIpc) is 3.58. The van der Waals surface area contributed by atoms with Crippen LogP contribution in [0.25, 0.3) is 22.2 Å². The molecule has 0 aliphatic carbocycles. The lowest BCUT2D eigenvalue weighted by Gasteiger charge is -2.54. The molecule has 0 bridgehead atoms. The van der Waals surface area contributed by atoms with Gasteiger partial charge in [0.2, 0.25) is 0 Å². The lowest BCUT2D eigenvalue weighted by atomic mass is 9.86. The summed E-state index contributed by atoms with van der Waals surface area (Å²) in [4.78, 5) is 30.6. The second-order valence-corrected chi connectivity index (χ2v) is 10.0. The quantitative estimate of drug-likeness (QED) is 0.371. The summed E-state index contributed by atoms with van der Waals surface area (Å²) < 4.78 is 55.4. The second kappa shape index (κ2) is 9.38. The van der Waals surface area contributed by atoms with E-state index in [1.807, 2.05) is 10.9 Å². The number of fused-ring (bicyclic) bond motifs is 1. The first-order valence-electron chi connectivity index (χ1n) is 12.5. The fraction of sp³-hybridized carbons (Fsp3) is 0.400. The molecule has 14 heteroatoms. The molecule has 0 saturated carbocycles. The van der Waals surface area contributed by atoms with Crippen LogP contribution in [0.15, 0.2) is 43.2 Å². The topological polar surface area (TPSA) is 122 Å². The maximum absolute atomic E-state index is 14.7. The molecule has 0 spiro atoms. The highest BCUT2D eigenvalue weighted by Gasteiger charge is 2.47. The molecule has 2 aliphatic rings. The van der Waals surface area contributed by atoms with Gasteiger partial charge in [-0.25, -0.2) is 14.4 Å². The first-order valence-corrected chi connectivity index (χ1v) is 12.5. The highest BCUT2D eigenvalue weighted by molar-refractivity contribution is 5.93. The number of nitrogens with two attached hydrogens (primary N) is 1. The minimum Gasteiger partial charge on any atom is -0.346 e. The van der Waals surface area contributed by atoms with Gasteiger partial charge in [-0.1, -0.05) is 0 Å². The maximum Gasteiger partial charge on any atom is 0.434 e. The highest BCUT2D eigenvalue weighted by atomic mass is 19.4. The number of amides is 1. The molecule has 3 N–H and O–H groups in total. The Balaban J connectivity index is 1.10. The van der Waals surface area contributed by atoms with Crippen molar-refractivity contribution in [2.75, 3.05) is 32.7 Å². The summed E-state index contributed by atoms with van der Waals surface area (Å²) in [5.74, 6) is -0.994. The molecule has 0 atom stereocenters. The molecule has 2 aliphatic heterocycles. The van der Waals surface area contributed by atoms with Crippen molar-refractivity contribution in [2.45, 2.75) is 30.6 Å². The van der Waals surface area contributed by atoms with E-state index in [1.165, 1.54) is 11.1 Å². The molecule has 39 heavy (non-hydrogen) atoms. The molecule has 2 saturated heterocycles. The van der Waals surface area contributed by atoms with Gasteiger partial charge in [-0.05, 0) is 18.9 Å².